The van der Waals surface area contributed by atoms with Crippen LogP contribution in [0.4, 0.5) is 0 Å². The van der Waals surface area contributed by atoms with E-state index in [0.717, 1.165) is 19.4 Å². The molecule has 0 bridgehead atoms. The van der Waals surface area contributed by atoms with E-state index in [1.54, 1.807) is 11.6 Å². The smallest absolute Gasteiger partial charge is 0.358 e. The number of rotatable bonds is 5. The minimum Gasteiger partial charge on any atom is -0.358 e. The van der Waals surface area contributed by atoms with Crippen LogP contribution in [0.5, 0.6) is 6.01 Å². The fourth-order valence-electron chi connectivity index (χ4n) is 1.20. The van der Waals surface area contributed by atoms with Gasteiger partial charge in [-0.3, -0.25) is 0 Å². The van der Waals surface area contributed by atoms with Gasteiger partial charge in [0.05, 0.1) is 13.6 Å². The molecule has 0 saturated heterocycles. The monoisotopic (exact) mass is 219 g/mol. The van der Waals surface area contributed by atoms with Crippen LogP contribution in [-0.4, -0.2) is 14.4 Å². The zero-order valence-corrected chi connectivity index (χ0v) is 9.31. The number of imidazole rings is 1. The van der Waals surface area contributed by atoms with E-state index in [1.807, 2.05) is 17.0 Å². The molecule has 0 unspecified atom stereocenters. The van der Waals surface area contributed by atoms with Crippen LogP contribution in [0.2, 0.25) is 0 Å². The predicted molar refractivity (Wildman–Crippen MR) is 52.5 cm³/mol. The van der Waals surface area contributed by atoms with Crippen LogP contribution >= 0.6 is 8.60 Å². The molecule has 1 aromatic rings. The molecule has 1 aromatic heterocycles. The third kappa shape index (κ3) is 2.94. The van der Waals surface area contributed by atoms with Crippen molar-refractivity contribution in [2.24, 2.45) is 7.05 Å². The summed E-state index contributed by atoms with van der Waals surface area (Å²) in [6, 6.07) is 0.481. The number of aromatic nitrogens is 2. The first-order valence-corrected chi connectivity index (χ1v) is 5.72. The topological polar surface area (TPSA) is 58.5 Å². The molecule has 0 atom stereocenters. The molecule has 0 aliphatic rings. The second-order valence-corrected chi connectivity index (χ2v) is 3.77. The van der Waals surface area contributed by atoms with Crippen molar-refractivity contribution in [3.05, 3.63) is 12.4 Å². The Bertz CT molecular complexity index is 288. The van der Waals surface area contributed by atoms with Crippen LogP contribution in [0.15, 0.2) is 12.4 Å². The number of nitrogens with zero attached hydrogens (tertiary/aromatic N) is 2. The van der Waals surface area contributed by atoms with Gasteiger partial charge in [-0.05, 0) is 6.42 Å². The summed E-state index contributed by atoms with van der Waals surface area (Å²) in [5, 5.41) is 0. The van der Waals surface area contributed by atoms with Crippen LogP contribution in [0, 0.1) is 0 Å². The van der Waals surface area contributed by atoms with Gasteiger partial charge in [-0.2, -0.15) is 9.13 Å². The summed E-state index contributed by atoms with van der Waals surface area (Å²) in [5.74, 6) is 0. The summed E-state index contributed by atoms with van der Waals surface area (Å²) in [4.78, 5) is 17.5. The third-order valence-corrected chi connectivity index (χ3v) is 2.26. The normalized spacial score (nSPS) is 10.9. The molecule has 1 heterocycles. The van der Waals surface area contributed by atoms with Crippen molar-refractivity contribution in [2.75, 3.05) is 0 Å². The molecule has 1 rings (SSSR count). The Morgan fingerprint density at radius 2 is 2.29 bits per heavy atom. The Morgan fingerprint density at radius 1 is 1.57 bits per heavy atom. The van der Waals surface area contributed by atoms with Gasteiger partial charge < -0.3 is 14.3 Å². The van der Waals surface area contributed by atoms with Gasteiger partial charge >= 0.3 is 14.6 Å². The average molecular weight is 219 g/mol. The van der Waals surface area contributed by atoms with Crippen LogP contribution in [0.3, 0.4) is 0 Å². The van der Waals surface area contributed by atoms with Crippen LogP contribution < -0.4 is 9.09 Å². The van der Waals surface area contributed by atoms with Gasteiger partial charge in [-0.25, -0.2) is 0 Å². The largest absolute Gasteiger partial charge is 0.462 e. The van der Waals surface area contributed by atoms with E-state index >= 15 is 0 Å². The second-order valence-electron chi connectivity index (χ2n) is 3.08. The maximum atomic E-state index is 8.77. The molecule has 0 radical (unpaired) electrons. The molecule has 0 aliphatic heterocycles. The highest BCUT2D eigenvalue weighted by Crippen LogP contribution is 2.26. The molecular formula is C8H16N2O3P+. The van der Waals surface area contributed by atoms with Crippen molar-refractivity contribution in [3.63, 3.8) is 0 Å². The van der Waals surface area contributed by atoms with Crippen LogP contribution in [0.1, 0.15) is 19.8 Å². The van der Waals surface area contributed by atoms with E-state index in [2.05, 4.69) is 6.92 Å². The number of hydrogen-bond donors (Lipinski definition) is 2. The van der Waals surface area contributed by atoms with E-state index in [0.29, 0.717) is 6.01 Å². The SMILES string of the molecule is CCCCn1cc[n+](C)c1OP(O)O. The Kier molecular flexibility index (Phi) is 4.32. The lowest BCUT2D eigenvalue weighted by Gasteiger charge is -2.03. The quantitative estimate of drug-likeness (QED) is 0.566. The lowest BCUT2D eigenvalue weighted by Crippen LogP contribution is -2.28. The van der Waals surface area contributed by atoms with E-state index in [1.165, 1.54) is 0 Å². The highest BCUT2D eigenvalue weighted by molar-refractivity contribution is 7.39. The zero-order valence-electron chi connectivity index (χ0n) is 8.42. The molecule has 80 valence electrons. The molecular weight excluding hydrogens is 203 g/mol. The number of unbranched alkanes of at least 4 members (excludes halogenated alkanes) is 1. The summed E-state index contributed by atoms with van der Waals surface area (Å²) in [6.45, 7) is 2.94. The van der Waals surface area contributed by atoms with Crippen molar-refractivity contribution in [3.8, 4) is 6.01 Å². The van der Waals surface area contributed by atoms with Gasteiger partial charge in [0.25, 0.3) is 0 Å². The Labute approximate surface area is 84.6 Å². The van der Waals surface area contributed by atoms with Crippen molar-refractivity contribution in [2.45, 2.75) is 26.3 Å². The van der Waals surface area contributed by atoms with Crippen molar-refractivity contribution in [1.29, 1.82) is 0 Å². The van der Waals surface area contributed by atoms with Gasteiger partial charge in [0.1, 0.15) is 12.4 Å². The van der Waals surface area contributed by atoms with Gasteiger partial charge in [-0.1, -0.05) is 13.3 Å². The summed E-state index contributed by atoms with van der Waals surface area (Å²) in [6.07, 6.45) is 5.82. The highest BCUT2D eigenvalue weighted by atomic mass is 31.2. The zero-order chi connectivity index (χ0) is 10.6. The first-order chi connectivity index (χ1) is 6.65. The summed E-state index contributed by atoms with van der Waals surface area (Å²) in [5.41, 5.74) is 0. The molecule has 6 heteroatoms. The van der Waals surface area contributed by atoms with Crippen molar-refractivity contribution < 1.29 is 18.9 Å². The maximum Gasteiger partial charge on any atom is 0.462 e. The minimum absolute atomic E-state index is 0.481. The summed E-state index contributed by atoms with van der Waals surface area (Å²) < 4.78 is 8.50. The first-order valence-electron chi connectivity index (χ1n) is 4.55. The number of hydrogen-bond acceptors (Lipinski definition) is 3. The first kappa shape index (κ1) is 11.4. The molecule has 0 aromatic carbocycles. The summed E-state index contributed by atoms with van der Waals surface area (Å²) >= 11 is 0. The van der Waals surface area contributed by atoms with Gasteiger partial charge in [0.15, 0.2) is 0 Å². The van der Waals surface area contributed by atoms with E-state index in [9.17, 15) is 0 Å². The van der Waals surface area contributed by atoms with Crippen LogP contribution in [-0.2, 0) is 13.6 Å². The predicted octanol–water partition coefficient (Wildman–Crippen LogP) is 0.703. The van der Waals surface area contributed by atoms with Gasteiger partial charge in [-0.15, -0.1) is 0 Å². The lowest BCUT2D eigenvalue weighted by atomic mass is 10.3. The molecule has 0 amide bonds. The summed E-state index contributed by atoms with van der Waals surface area (Å²) in [7, 11) is -0.538. The van der Waals surface area contributed by atoms with Crippen molar-refractivity contribution >= 4 is 8.60 Å². The third-order valence-electron chi connectivity index (χ3n) is 1.93. The second kappa shape index (κ2) is 5.29. The molecule has 5 nitrogen and oxygen atoms in total. The fourth-order valence-corrected chi connectivity index (χ4v) is 1.58. The molecule has 0 saturated carbocycles. The maximum absolute atomic E-state index is 8.77. The van der Waals surface area contributed by atoms with Gasteiger partial charge in [0, 0.05) is 0 Å². The number of aryl methyl sites for hydroxylation is 2. The van der Waals surface area contributed by atoms with Gasteiger partial charge in [0.2, 0.25) is 0 Å². The Morgan fingerprint density at radius 3 is 2.86 bits per heavy atom. The Balaban J connectivity index is 2.72. The molecule has 0 aliphatic carbocycles. The van der Waals surface area contributed by atoms with Crippen LogP contribution in [0.25, 0.3) is 0 Å². The Hall–Kier alpha value is -0.640. The molecule has 0 fully saturated rings. The lowest BCUT2D eigenvalue weighted by molar-refractivity contribution is -0.674. The standard InChI is InChI=1S/C8H16N2O3P/c1-3-4-5-10-7-6-9(2)8(10)13-14(11)12/h6-7,11-12H,3-5H2,1-2H3/q+1. The van der Waals surface area contributed by atoms with E-state index in [4.69, 9.17) is 14.3 Å². The molecule has 2 N–H and O–H groups in total. The fraction of sp³-hybridized carbons (Fsp3) is 0.625. The van der Waals surface area contributed by atoms with Crippen molar-refractivity contribution in [1.82, 2.24) is 4.57 Å². The minimum atomic E-state index is -2.34. The van der Waals surface area contributed by atoms with E-state index < -0.39 is 8.60 Å². The molecule has 0 spiro atoms. The van der Waals surface area contributed by atoms with E-state index in [-0.39, 0.29) is 0 Å². The average Bonchev–Trinajstić information content (AvgIpc) is 2.45. The highest BCUT2D eigenvalue weighted by Gasteiger charge is 2.19. The molecule has 14 heavy (non-hydrogen) atoms.